The summed E-state index contributed by atoms with van der Waals surface area (Å²) in [7, 11) is 6.31. The van der Waals surface area contributed by atoms with Crippen molar-refractivity contribution >= 4 is 5.96 Å². The van der Waals surface area contributed by atoms with E-state index in [0.29, 0.717) is 12.8 Å². The molecule has 3 aliphatic heterocycles. The van der Waals surface area contributed by atoms with Crippen molar-refractivity contribution in [3.8, 4) is 11.5 Å². The van der Waals surface area contributed by atoms with E-state index < -0.39 is 0 Å². The van der Waals surface area contributed by atoms with E-state index in [1.807, 2.05) is 13.1 Å². The summed E-state index contributed by atoms with van der Waals surface area (Å²) in [4.78, 5) is 14.3. The Labute approximate surface area is 174 Å². The molecule has 0 radical (unpaired) electrons. The molecule has 1 unspecified atom stereocenters. The Morgan fingerprint density at radius 3 is 2.66 bits per heavy atom. The van der Waals surface area contributed by atoms with Crippen molar-refractivity contribution in [3.05, 3.63) is 23.8 Å². The van der Waals surface area contributed by atoms with E-state index in [-0.39, 0.29) is 0 Å². The third-order valence-electron chi connectivity index (χ3n) is 6.20. The van der Waals surface area contributed by atoms with Gasteiger partial charge in [0.05, 0.1) is 0 Å². The molecule has 2 saturated heterocycles. The van der Waals surface area contributed by atoms with Crippen molar-refractivity contribution in [1.29, 1.82) is 0 Å². The van der Waals surface area contributed by atoms with Crippen LogP contribution in [0.25, 0.3) is 0 Å². The van der Waals surface area contributed by atoms with Gasteiger partial charge in [0.25, 0.3) is 0 Å². The maximum absolute atomic E-state index is 5.50. The number of hydrogen-bond donors (Lipinski definition) is 1. The minimum Gasteiger partial charge on any atom is -0.454 e. The summed E-state index contributed by atoms with van der Waals surface area (Å²) in [5.74, 6) is 2.74. The fourth-order valence-corrected chi connectivity index (χ4v) is 4.28. The molecule has 0 aromatic heterocycles. The van der Waals surface area contributed by atoms with Gasteiger partial charge < -0.3 is 24.6 Å². The zero-order chi connectivity index (χ0) is 20.2. The Bertz CT molecular complexity index is 719. The zero-order valence-electron chi connectivity index (χ0n) is 17.9. The average molecular weight is 403 g/mol. The van der Waals surface area contributed by atoms with Gasteiger partial charge in [-0.2, -0.15) is 0 Å². The standard InChI is InChI=1S/C21H34N6O2/c1-22-21(23-13-18-15-24(2)6-7-25(18)3)27-10-8-26(9-11-27)14-17-4-5-19-20(12-17)29-16-28-19/h4-5,12,18H,6-11,13-16H2,1-3H3,(H,22,23). The molecule has 8 heteroatoms. The van der Waals surface area contributed by atoms with Crippen LogP contribution in [0.1, 0.15) is 5.56 Å². The average Bonchev–Trinajstić information content (AvgIpc) is 3.20. The molecule has 1 atom stereocenters. The Balaban J connectivity index is 1.24. The van der Waals surface area contributed by atoms with Gasteiger partial charge in [0.2, 0.25) is 6.79 Å². The second-order valence-electron chi connectivity index (χ2n) is 8.28. The molecule has 2 fully saturated rings. The number of guanidine groups is 1. The van der Waals surface area contributed by atoms with Crippen molar-refractivity contribution < 1.29 is 9.47 Å². The van der Waals surface area contributed by atoms with Crippen LogP contribution in [-0.4, -0.2) is 112 Å². The third-order valence-corrected chi connectivity index (χ3v) is 6.20. The van der Waals surface area contributed by atoms with Crippen LogP contribution in [0.3, 0.4) is 0 Å². The largest absolute Gasteiger partial charge is 0.454 e. The quantitative estimate of drug-likeness (QED) is 0.576. The van der Waals surface area contributed by atoms with Crippen molar-refractivity contribution in [2.75, 3.05) is 80.3 Å². The number of likely N-dealkylation sites (N-methyl/N-ethyl adjacent to an activating group) is 2. The number of ether oxygens (including phenoxy) is 2. The fourth-order valence-electron chi connectivity index (χ4n) is 4.28. The maximum atomic E-state index is 5.50. The van der Waals surface area contributed by atoms with E-state index in [2.05, 4.69) is 56.1 Å². The molecule has 1 aromatic rings. The highest BCUT2D eigenvalue weighted by molar-refractivity contribution is 5.80. The molecule has 160 valence electrons. The van der Waals surface area contributed by atoms with Crippen LogP contribution in [0, 0.1) is 0 Å². The number of nitrogens with one attached hydrogen (secondary N) is 1. The summed E-state index contributed by atoms with van der Waals surface area (Å²) in [6.45, 7) is 9.62. The molecular weight excluding hydrogens is 368 g/mol. The first kappa shape index (κ1) is 20.3. The smallest absolute Gasteiger partial charge is 0.231 e. The van der Waals surface area contributed by atoms with Crippen molar-refractivity contribution in [2.24, 2.45) is 4.99 Å². The Morgan fingerprint density at radius 1 is 1.07 bits per heavy atom. The fraction of sp³-hybridized carbons (Fsp3) is 0.667. The number of piperazine rings is 2. The Morgan fingerprint density at radius 2 is 1.86 bits per heavy atom. The van der Waals surface area contributed by atoms with Crippen LogP contribution < -0.4 is 14.8 Å². The van der Waals surface area contributed by atoms with Crippen LogP contribution in [0.15, 0.2) is 23.2 Å². The minimum atomic E-state index is 0.330. The summed E-state index contributed by atoms with van der Waals surface area (Å²) < 4.78 is 10.9. The van der Waals surface area contributed by atoms with E-state index in [0.717, 1.165) is 76.4 Å². The molecule has 0 amide bonds. The number of fused-ring (bicyclic) bond motifs is 1. The number of benzene rings is 1. The highest BCUT2D eigenvalue weighted by Gasteiger charge is 2.24. The number of aliphatic imine (C=N–C) groups is 1. The van der Waals surface area contributed by atoms with Gasteiger partial charge in [-0.3, -0.25) is 14.8 Å². The molecule has 0 saturated carbocycles. The van der Waals surface area contributed by atoms with Gasteiger partial charge in [-0.1, -0.05) is 6.07 Å². The molecule has 29 heavy (non-hydrogen) atoms. The van der Waals surface area contributed by atoms with Crippen molar-refractivity contribution in [1.82, 2.24) is 24.9 Å². The molecular formula is C21H34N6O2. The SMILES string of the molecule is CN=C(NCC1CN(C)CCN1C)N1CCN(Cc2ccc3c(c2)OCO3)CC1. The lowest BCUT2D eigenvalue weighted by Gasteiger charge is -2.40. The summed E-state index contributed by atoms with van der Waals surface area (Å²) >= 11 is 0. The normalized spacial score (nSPS) is 24.2. The van der Waals surface area contributed by atoms with Gasteiger partial charge in [-0.05, 0) is 31.8 Å². The molecule has 4 rings (SSSR count). The van der Waals surface area contributed by atoms with Gasteiger partial charge in [0, 0.05) is 72.0 Å². The maximum Gasteiger partial charge on any atom is 0.231 e. The predicted molar refractivity (Wildman–Crippen MR) is 115 cm³/mol. The first-order chi connectivity index (χ1) is 14.1. The van der Waals surface area contributed by atoms with Crippen LogP contribution in [0.4, 0.5) is 0 Å². The molecule has 0 bridgehead atoms. The summed E-state index contributed by atoms with van der Waals surface area (Å²) in [6.07, 6.45) is 0. The van der Waals surface area contributed by atoms with Crippen LogP contribution in [0.5, 0.6) is 11.5 Å². The highest BCUT2D eigenvalue weighted by atomic mass is 16.7. The minimum absolute atomic E-state index is 0.330. The molecule has 1 aromatic carbocycles. The lowest BCUT2D eigenvalue weighted by Crippen LogP contribution is -2.57. The first-order valence-electron chi connectivity index (χ1n) is 10.6. The van der Waals surface area contributed by atoms with Crippen LogP contribution in [0.2, 0.25) is 0 Å². The first-order valence-corrected chi connectivity index (χ1v) is 10.6. The van der Waals surface area contributed by atoms with Crippen molar-refractivity contribution in [3.63, 3.8) is 0 Å². The van der Waals surface area contributed by atoms with Crippen LogP contribution >= 0.6 is 0 Å². The third kappa shape index (κ3) is 4.94. The summed E-state index contributed by atoms with van der Waals surface area (Å²) in [5.41, 5.74) is 1.27. The summed E-state index contributed by atoms with van der Waals surface area (Å²) in [6, 6.07) is 6.78. The van der Waals surface area contributed by atoms with E-state index in [9.17, 15) is 0 Å². The highest BCUT2D eigenvalue weighted by Crippen LogP contribution is 2.32. The summed E-state index contributed by atoms with van der Waals surface area (Å²) in [5, 5.41) is 3.61. The Kier molecular flexibility index (Phi) is 6.42. The van der Waals surface area contributed by atoms with Crippen molar-refractivity contribution in [2.45, 2.75) is 12.6 Å². The van der Waals surface area contributed by atoms with Gasteiger partial charge in [-0.15, -0.1) is 0 Å². The van der Waals surface area contributed by atoms with Gasteiger partial charge in [-0.25, -0.2) is 0 Å². The molecule has 0 aliphatic carbocycles. The van der Waals surface area contributed by atoms with E-state index in [1.165, 1.54) is 5.56 Å². The van der Waals surface area contributed by atoms with Gasteiger partial charge in [0.1, 0.15) is 0 Å². The van der Waals surface area contributed by atoms with Gasteiger partial charge >= 0.3 is 0 Å². The van der Waals surface area contributed by atoms with Crippen LogP contribution in [-0.2, 0) is 6.54 Å². The number of nitrogens with zero attached hydrogens (tertiary/aromatic N) is 5. The Hall–Kier alpha value is -2.03. The second kappa shape index (κ2) is 9.19. The van der Waals surface area contributed by atoms with E-state index in [4.69, 9.17) is 9.47 Å². The number of hydrogen-bond acceptors (Lipinski definition) is 6. The molecule has 8 nitrogen and oxygen atoms in total. The molecule has 0 spiro atoms. The van der Waals surface area contributed by atoms with Gasteiger partial charge in [0.15, 0.2) is 17.5 Å². The second-order valence-corrected chi connectivity index (χ2v) is 8.28. The molecule has 3 heterocycles. The molecule has 1 N–H and O–H groups in total. The number of rotatable bonds is 4. The lowest BCUT2D eigenvalue weighted by molar-refractivity contribution is 0.115. The predicted octanol–water partition coefficient (Wildman–Crippen LogP) is 0.354. The molecule has 3 aliphatic rings. The van der Waals surface area contributed by atoms with E-state index >= 15 is 0 Å². The van der Waals surface area contributed by atoms with E-state index in [1.54, 1.807) is 0 Å². The zero-order valence-corrected chi connectivity index (χ0v) is 17.9. The topological polar surface area (TPSA) is 55.8 Å². The monoisotopic (exact) mass is 402 g/mol. The lowest BCUT2D eigenvalue weighted by atomic mass is 10.1.